The minimum absolute atomic E-state index is 0.144. The topological polar surface area (TPSA) is 41.6 Å². The van der Waals surface area contributed by atoms with E-state index in [4.69, 9.17) is 0 Å². The summed E-state index contributed by atoms with van der Waals surface area (Å²) in [7, 11) is 3.63. The summed E-state index contributed by atoms with van der Waals surface area (Å²) in [6.45, 7) is 4.01. The summed E-state index contributed by atoms with van der Waals surface area (Å²) in [5.41, 5.74) is 0. The highest BCUT2D eigenvalue weighted by molar-refractivity contribution is 5.69. The standard InChI is InChI=1S/C13H26N2O2/c1-11(10-13(16)17-3)14-8-9-15(2)12-6-4-5-7-12/h11-12,14H,4-10H2,1-3H3. The minimum atomic E-state index is -0.144. The Balaban J connectivity index is 2.07. The van der Waals surface area contributed by atoms with Crippen molar-refractivity contribution in [2.75, 3.05) is 27.2 Å². The van der Waals surface area contributed by atoms with E-state index in [9.17, 15) is 4.79 Å². The van der Waals surface area contributed by atoms with E-state index in [1.165, 1.54) is 32.8 Å². The lowest BCUT2D eigenvalue weighted by Crippen LogP contribution is -2.38. The second-order valence-electron chi connectivity index (χ2n) is 5.05. The van der Waals surface area contributed by atoms with E-state index in [1.54, 1.807) is 0 Å². The van der Waals surface area contributed by atoms with E-state index < -0.39 is 0 Å². The Morgan fingerprint density at radius 3 is 2.71 bits per heavy atom. The molecule has 0 bridgehead atoms. The zero-order chi connectivity index (χ0) is 12.7. The molecule has 0 radical (unpaired) electrons. The van der Waals surface area contributed by atoms with Gasteiger partial charge in [0, 0.05) is 25.2 Å². The van der Waals surface area contributed by atoms with Crippen LogP contribution in [0, 0.1) is 0 Å². The fourth-order valence-corrected chi connectivity index (χ4v) is 2.42. The lowest BCUT2D eigenvalue weighted by Gasteiger charge is -2.24. The number of hydrogen-bond donors (Lipinski definition) is 1. The van der Waals surface area contributed by atoms with Crippen molar-refractivity contribution in [3.63, 3.8) is 0 Å². The van der Waals surface area contributed by atoms with Gasteiger partial charge in [0.25, 0.3) is 0 Å². The second-order valence-corrected chi connectivity index (χ2v) is 5.05. The average Bonchev–Trinajstić information content (AvgIpc) is 2.82. The number of likely N-dealkylation sites (N-methyl/N-ethyl adjacent to an activating group) is 1. The third-order valence-electron chi connectivity index (χ3n) is 3.61. The van der Waals surface area contributed by atoms with E-state index in [0.717, 1.165) is 19.1 Å². The summed E-state index contributed by atoms with van der Waals surface area (Å²) in [4.78, 5) is 13.5. The number of carbonyl (C=O) groups is 1. The van der Waals surface area contributed by atoms with Crippen LogP contribution in [-0.2, 0) is 9.53 Å². The summed E-state index contributed by atoms with van der Waals surface area (Å²) in [6.07, 6.45) is 5.88. The molecule has 1 fully saturated rings. The van der Waals surface area contributed by atoms with Crippen LogP contribution in [0.4, 0.5) is 0 Å². The molecule has 1 aliphatic rings. The van der Waals surface area contributed by atoms with Crippen LogP contribution in [0.25, 0.3) is 0 Å². The van der Waals surface area contributed by atoms with Crippen molar-refractivity contribution < 1.29 is 9.53 Å². The lowest BCUT2D eigenvalue weighted by atomic mass is 10.2. The Kier molecular flexibility index (Phi) is 6.52. The monoisotopic (exact) mass is 242 g/mol. The highest BCUT2D eigenvalue weighted by Gasteiger charge is 2.19. The molecular formula is C13H26N2O2. The molecule has 0 saturated heterocycles. The van der Waals surface area contributed by atoms with Crippen molar-refractivity contribution >= 4 is 5.97 Å². The van der Waals surface area contributed by atoms with Gasteiger partial charge in [-0.3, -0.25) is 4.79 Å². The SMILES string of the molecule is COC(=O)CC(C)NCCN(C)C1CCCC1. The molecule has 100 valence electrons. The highest BCUT2D eigenvalue weighted by Crippen LogP contribution is 2.21. The number of rotatable bonds is 7. The summed E-state index contributed by atoms with van der Waals surface area (Å²) in [6, 6.07) is 0.965. The van der Waals surface area contributed by atoms with Gasteiger partial charge in [-0.1, -0.05) is 12.8 Å². The van der Waals surface area contributed by atoms with E-state index in [0.29, 0.717) is 6.42 Å². The summed E-state index contributed by atoms with van der Waals surface area (Å²) in [5, 5.41) is 3.36. The maximum absolute atomic E-state index is 11.1. The summed E-state index contributed by atoms with van der Waals surface area (Å²) < 4.78 is 4.64. The average molecular weight is 242 g/mol. The number of nitrogens with one attached hydrogen (secondary N) is 1. The maximum Gasteiger partial charge on any atom is 0.307 e. The van der Waals surface area contributed by atoms with Gasteiger partial charge in [-0.2, -0.15) is 0 Å². The molecule has 4 heteroatoms. The van der Waals surface area contributed by atoms with Gasteiger partial charge in [0.15, 0.2) is 0 Å². The van der Waals surface area contributed by atoms with Gasteiger partial charge in [-0.05, 0) is 26.8 Å². The second kappa shape index (κ2) is 7.67. The van der Waals surface area contributed by atoms with Gasteiger partial charge in [-0.15, -0.1) is 0 Å². The molecule has 0 amide bonds. The molecule has 1 saturated carbocycles. The Hall–Kier alpha value is -0.610. The molecule has 0 heterocycles. The van der Waals surface area contributed by atoms with Gasteiger partial charge in [0.1, 0.15) is 0 Å². The third-order valence-corrected chi connectivity index (χ3v) is 3.61. The fraction of sp³-hybridized carbons (Fsp3) is 0.923. The van der Waals surface area contributed by atoms with E-state index >= 15 is 0 Å². The Morgan fingerprint density at radius 2 is 2.12 bits per heavy atom. The largest absolute Gasteiger partial charge is 0.469 e. The first-order valence-corrected chi connectivity index (χ1v) is 6.64. The van der Waals surface area contributed by atoms with Gasteiger partial charge in [0.05, 0.1) is 13.5 Å². The molecule has 1 aliphatic carbocycles. The number of ether oxygens (including phenoxy) is 1. The Morgan fingerprint density at radius 1 is 1.47 bits per heavy atom. The van der Waals surface area contributed by atoms with Crippen molar-refractivity contribution in [1.82, 2.24) is 10.2 Å². The fourth-order valence-electron chi connectivity index (χ4n) is 2.42. The Labute approximate surface area is 105 Å². The smallest absolute Gasteiger partial charge is 0.307 e. The molecule has 4 nitrogen and oxygen atoms in total. The first-order chi connectivity index (χ1) is 8.13. The van der Waals surface area contributed by atoms with Crippen LogP contribution in [0.1, 0.15) is 39.0 Å². The highest BCUT2D eigenvalue weighted by atomic mass is 16.5. The molecule has 1 N–H and O–H groups in total. The number of hydrogen-bond acceptors (Lipinski definition) is 4. The molecule has 0 aromatic heterocycles. The van der Waals surface area contributed by atoms with Gasteiger partial charge < -0.3 is 15.0 Å². The predicted octanol–water partition coefficient (Wildman–Crippen LogP) is 1.40. The van der Waals surface area contributed by atoms with Crippen LogP contribution < -0.4 is 5.32 Å². The van der Waals surface area contributed by atoms with Crippen LogP contribution in [-0.4, -0.2) is 50.2 Å². The van der Waals surface area contributed by atoms with Gasteiger partial charge >= 0.3 is 5.97 Å². The van der Waals surface area contributed by atoms with Crippen LogP contribution >= 0.6 is 0 Å². The number of carbonyl (C=O) groups excluding carboxylic acids is 1. The quantitative estimate of drug-likeness (QED) is 0.685. The van der Waals surface area contributed by atoms with E-state index in [1.807, 2.05) is 6.92 Å². The van der Waals surface area contributed by atoms with Crippen molar-refractivity contribution in [2.45, 2.75) is 51.1 Å². The van der Waals surface area contributed by atoms with Gasteiger partial charge in [-0.25, -0.2) is 0 Å². The molecule has 1 rings (SSSR count). The summed E-state index contributed by atoms with van der Waals surface area (Å²) in [5.74, 6) is -0.144. The van der Waals surface area contributed by atoms with Crippen molar-refractivity contribution in [3.8, 4) is 0 Å². The van der Waals surface area contributed by atoms with Crippen molar-refractivity contribution in [1.29, 1.82) is 0 Å². The molecule has 0 aromatic carbocycles. The predicted molar refractivity (Wildman–Crippen MR) is 69.0 cm³/mol. The van der Waals surface area contributed by atoms with Crippen molar-refractivity contribution in [2.24, 2.45) is 0 Å². The molecule has 0 aromatic rings. The van der Waals surface area contributed by atoms with Crippen LogP contribution in [0.2, 0.25) is 0 Å². The summed E-state index contributed by atoms with van der Waals surface area (Å²) >= 11 is 0. The zero-order valence-corrected chi connectivity index (χ0v) is 11.4. The van der Waals surface area contributed by atoms with Crippen LogP contribution in [0.5, 0.6) is 0 Å². The molecule has 1 atom stereocenters. The van der Waals surface area contributed by atoms with Gasteiger partial charge in [0.2, 0.25) is 0 Å². The Bertz CT molecular complexity index is 227. The first kappa shape index (κ1) is 14.5. The molecular weight excluding hydrogens is 216 g/mol. The lowest BCUT2D eigenvalue weighted by molar-refractivity contribution is -0.141. The number of esters is 1. The van der Waals surface area contributed by atoms with Crippen molar-refractivity contribution in [3.05, 3.63) is 0 Å². The molecule has 0 aliphatic heterocycles. The van der Waals surface area contributed by atoms with E-state index in [2.05, 4.69) is 22.0 Å². The van der Waals surface area contributed by atoms with Crippen LogP contribution in [0.15, 0.2) is 0 Å². The van der Waals surface area contributed by atoms with Crippen LogP contribution in [0.3, 0.4) is 0 Å². The normalized spacial score (nSPS) is 18.6. The first-order valence-electron chi connectivity index (χ1n) is 6.64. The molecule has 0 spiro atoms. The number of methoxy groups -OCH3 is 1. The number of nitrogens with zero attached hydrogens (tertiary/aromatic N) is 1. The molecule has 17 heavy (non-hydrogen) atoms. The molecule has 1 unspecified atom stereocenters. The minimum Gasteiger partial charge on any atom is -0.469 e. The zero-order valence-electron chi connectivity index (χ0n) is 11.4. The maximum atomic E-state index is 11.1. The van der Waals surface area contributed by atoms with E-state index in [-0.39, 0.29) is 12.0 Å². The third kappa shape index (κ3) is 5.50.